The van der Waals surface area contributed by atoms with Crippen molar-refractivity contribution in [2.24, 2.45) is 0 Å². The molecule has 0 saturated carbocycles. The Kier molecular flexibility index (Phi) is 5.59. The third-order valence-electron chi connectivity index (χ3n) is 4.42. The van der Waals surface area contributed by atoms with Crippen LogP contribution in [0.15, 0.2) is 30.5 Å². The van der Waals surface area contributed by atoms with Crippen molar-refractivity contribution < 1.29 is 9.47 Å². The van der Waals surface area contributed by atoms with Gasteiger partial charge in [-0.05, 0) is 55.8 Å². The van der Waals surface area contributed by atoms with E-state index in [1.54, 1.807) is 14.2 Å². The topological polar surface area (TPSA) is 34.6 Å². The molecular weight excluding hydrogens is 324 g/mol. The minimum absolute atomic E-state index is 0.480. The van der Waals surface area contributed by atoms with Crippen molar-refractivity contribution in [3.63, 3.8) is 0 Å². The molecule has 0 bridgehead atoms. The van der Waals surface area contributed by atoms with Crippen molar-refractivity contribution in [1.29, 1.82) is 0 Å². The number of ether oxygens (including phenoxy) is 2. The molecule has 1 aromatic heterocycles. The highest BCUT2D eigenvalue weighted by Gasteiger charge is 2.14. The second kappa shape index (κ2) is 7.86. The van der Waals surface area contributed by atoms with Crippen LogP contribution in [-0.2, 0) is 6.54 Å². The van der Waals surface area contributed by atoms with Crippen LogP contribution in [0.3, 0.4) is 0 Å². The molecule has 2 heterocycles. The highest BCUT2D eigenvalue weighted by molar-refractivity contribution is 6.33. The first-order valence-electron chi connectivity index (χ1n) is 8.30. The van der Waals surface area contributed by atoms with Gasteiger partial charge in [0.15, 0.2) is 0 Å². The van der Waals surface area contributed by atoms with E-state index in [1.165, 1.54) is 37.9 Å². The Labute approximate surface area is 148 Å². The monoisotopic (exact) mass is 346 g/mol. The predicted octanol–water partition coefficient (Wildman–Crippen LogP) is 4.41. The molecule has 1 aromatic carbocycles. The number of aromatic nitrogens is 1. The highest BCUT2D eigenvalue weighted by atomic mass is 35.5. The van der Waals surface area contributed by atoms with E-state index in [9.17, 15) is 0 Å². The molecule has 1 aliphatic heterocycles. The lowest BCUT2D eigenvalue weighted by Gasteiger charge is -2.26. The molecule has 0 amide bonds. The first-order valence-corrected chi connectivity index (χ1v) is 8.68. The minimum atomic E-state index is 0.480. The van der Waals surface area contributed by atoms with Gasteiger partial charge in [-0.3, -0.25) is 9.88 Å². The number of hydrogen-bond acceptors (Lipinski definition) is 4. The first kappa shape index (κ1) is 17.1. The number of piperidine rings is 1. The van der Waals surface area contributed by atoms with Gasteiger partial charge < -0.3 is 9.47 Å². The summed E-state index contributed by atoms with van der Waals surface area (Å²) in [5, 5.41) is 0.480. The smallest absolute Gasteiger partial charge is 0.141 e. The third kappa shape index (κ3) is 3.82. The quantitative estimate of drug-likeness (QED) is 0.803. The molecule has 4 nitrogen and oxygen atoms in total. The van der Waals surface area contributed by atoms with Gasteiger partial charge in [-0.15, -0.1) is 0 Å². The van der Waals surface area contributed by atoms with Crippen LogP contribution < -0.4 is 9.47 Å². The van der Waals surface area contributed by atoms with Gasteiger partial charge >= 0.3 is 0 Å². The second-order valence-corrected chi connectivity index (χ2v) is 6.46. The van der Waals surface area contributed by atoms with Gasteiger partial charge in [0.1, 0.15) is 16.5 Å². The number of nitrogens with zero attached hydrogens (tertiary/aromatic N) is 2. The van der Waals surface area contributed by atoms with Gasteiger partial charge in [0, 0.05) is 18.3 Å². The van der Waals surface area contributed by atoms with E-state index >= 15 is 0 Å². The number of methoxy groups -OCH3 is 2. The number of benzene rings is 1. The fourth-order valence-electron chi connectivity index (χ4n) is 3.12. The van der Waals surface area contributed by atoms with Crippen LogP contribution in [0.2, 0.25) is 5.02 Å². The Morgan fingerprint density at radius 1 is 1.04 bits per heavy atom. The lowest BCUT2D eigenvalue weighted by molar-refractivity contribution is 0.221. The van der Waals surface area contributed by atoms with E-state index in [0.29, 0.717) is 16.5 Å². The molecule has 1 fully saturated rings. The number of hydrogen-bond donors (Lipinski definition) is 0. The molecule has 5 heteroatoms. The molecule has 1 aliphatic rings. The fourth-order valence-corrected chi connectivity index (χ4v) is 3.39. The van der Waals surface area contributed by atoms with Crippen molar-refractivity contribution in [2.45, 2.75) is 25.8 Å². The van der Waals surface area contributed by atoms with Crippen LogP contribution in [0, 0.1) is 0 Å². The van der Waals surface area contributed by atoms with E-state index < -0.39 is 0 Å². The fraction of sp³-hybridized carbons (Fsp3) is 0.421. The number of likely N-dealkylation sites (tertiary alicyclic amines) is 1. The Bertz CT molecular complexity index is 675. The van der Waals surface area contributed by atoms with Gasteiger partial charge in [-0.25, -0.2) is 0 Å². The molecule has 1 saturated heterocycles. The van der Waals surface area contributed by atoms with Crippen LogP contribution in [0.25, 0.3) is 11.3 Å². The van der Waals surface area contributed by atoms with E-state index in [0.717, 1.165) is 17.8 Å². The molecule has 0 atom stereocenters. The number of rotatable bonds is 5. The van der Waals surface area contributed by atoms with Crippen LogP contribution in [0.1, 0.15) is 24.8 Å². The van der Waals surface area contributed by atoms with Crippen LogP contribution in [-0.4, -0.2) is 37.2 Å². The molecule has 0 N–H and O–H groups in total. The summed E-state index contributed by atoms with van der Waals surface area (Å²) < 4.78 is 10.7. The van der Waals surface area contributed by atoms with Crippen molar-refractivity contribution in [1.82, 2.24) is 9.88 Å². The maximum absolute atomic E-state index is 6.25. The van der Waals surface area contributed by atoms with Crippen LogP contribution in [0.4, 0.5) is 0 Å². The standard InChI is InChI=1S/C19H23ClN2O2/c1-23-17-11-15(12-18(24-2)19(17)20)16-10-14(6-7-21-16)13-22-8-4-3-5-9-22/h6-7,10-12H,3-5,8-9,13H2,1-2H3. The van der Waals surface area contributed by atoms with Crippen molar-refractivity contribution in [2.75, 3.05) is 27.3 Å². The van der Waals surface area contributed by atoms with Crippen molar-refractivity contribution >= 4 is 11.6 Å². The van der Waals surface area contributed by atoms with Crippen molar-refractivity contribution in [3.05, 3.63) is 41.0 Å². The van der Waals surface area contributed by atoms with E-state index in [2.05, 4.69) is 22.0 Å². The largest absolute Gasteiger partial charge is 0.495 e. The molecule has 128 valence electrons. The average Bonchev–Trinajstić information content (AvgIpc) is 2.63. The van der Waals surface area contributed by atoms with E-state index in [-0.39, 0.29) is 0 Å². The first-order chi connectivity index (χ1) is 11.7. The van der Waals surface area contributed by atoms with Gasteiger partial charge in [-0.1, -0.05) is 18.0 Å². The summed E-state index contributed by atoms with van der Waals surface area (Å²) in [5.41, 5.74) is 3.11. The van der Waals surface area contributed by atoms with Gasteiger partial charge in [0.05, 0.1) is 19.9 Å². The summed E-state index contributed by atoms with van der Waals surface area (Å²) in [6.45, 7) is 3.33. The predicted molar refractivity (Wildman–Crippen MR) is 96.9 cm³/mol. The van der Waals surface area contributed by atoms with Crippen molar-refractivity contribution in [3.8, 4) is 22.8 Å². The zero-order valence-corrected chi connectivity index (χ0v) is 15.0. The molecule has 0 aliphatic carbocycles. The Balaban J connectivity index is 1.88. The maximum Gasteiger partial charge on any atom is 0.141 e. The molecule has 0 radical (unpaired) electrons. The Morgan fingerprint density at radius 2 is 1.71 bits per heavy atom. The summed E-state index contributed by atoms with van der Waals surface area (Å²) in [7, 11) is 3.20. The molecule has 2 aromatic rings. The molecular formula is C19H23ClN2O2. The average molecular weight is 347 g/mol. The van der Waals surface area contributed by atoms with Crippen LogP contribution >= 0.6 is 11.6 Å². The lowest BCUT2D eigenvalue weighted by atomic mass is 10.1. The van der Waals surface area contributed by atoms with Gasteiger partial charge in [0.25, 0.3) is 0 Å². The second-order valence-electron chi connectivity index (χ2n) is 6.08. The Morgan fingerprint density at radius 3 is 2.33 bits per heavy atom. The molecule has 0 unspecified atom stereocenters. The van der Waals surface area contributed by atoms with Gasteiger partial charge in [0.2, 0.25) is 0 Å². The molecule has 0 spiro atoms. The summed E-state index contributed by atoms with van der Waals surface area (Å²) in [6.07, 6.45) is 5.80. The third-order valence-corrected chi connectivity index (χ3v) is 4.79. The minimum Gasteiger partial charge on any atom is -0.495 e. The summed E-state index contributed by atoms with van der Waals surface area (Å²) in [4.78, 5) is 7.02. The normalized spacial score (nSPS) is 15.3. The van der Waals surface area contributed by atoms with E-state index in [1.807, 2.05) is 18.3 Å². The maximum atomic E-state index is 6.25. The zero-order chi connectivity index (χ0) is 16.9. The summed E-state index contributed by atoms with van der Waals surface area (Å²) in [5.74, 6) is 1.18. The number of halogens is 1. The SMILES string of the molecule is COc1cc(-c2cc(CN3CCCCC3)ccn2)cc(OC)c1Cl. The molecule has 24 heavy (non-hydrogen) atoms. The van der Waals surface area contributed by atoms with Crippen LogP contribution in [0.5, 0.6) is 11.5 Å². The summed E-state index contributed by atoms with van der Waals surface area (Å²) in [6, 6.07) is 8.02. The van der Waals surface area contributed by atoms with E-state index in [4.69, 9.17) is 21.1 Å². The molecule has 3 rings (SSSR count). The number of pyridine rings is 1. The van der Waals surface area contributed by atoms with Gasteiger partial charge in [-0.2, -0.15) is 0 Å². The summed E-state index contributed by atoms with van der Waals surface area (Å²) >= 11 is 6.25. The zero-order valence-electron chi connectivity index (χ0n) is 14.2. The highest BCUT2D eigenvalue weighted by Crippen LogP contribution is 2.38. The Hall–Kier alpha value is -1.78. The lowest BCUT2D eigenvalue weighted by Crippen LogP contribution is -2.29.